The molecule has 0 saturated carbocycles. The highest BCUT2D eigenvalue weighted by molar-refractivity contribution is 5.91. The summed E-state index contributed by atoms with van der Waals surface area (Å²) in [5.41, 5.74) is 0.418. The van der Waals surface area contributed by atoms with Gasteiger partial charge in [-0.3, -0.25) is 14.8 Å². The molecule has 1 amide bonds. The molecular formula is C24H25F3N8O2. The summed E-state index contributed by atoms with van der Waals surface area (Å²) < 4.78 is 50.8. The largest absolute Gasteiger partial charge is 0.379 e. The van der Waals surface area contributed by atoms with E-state index in [1.165, 1.54) is 10.5 Å². The van der Waals surface area contributed by atoms with Gasteiger partial charge in [-0.1, -0.05) is 0 Å². The quantitative estimate of drug-likeness (QED) is 0.330. The molecule has 4 aromatic rings. The number of benzene rings is 1. The van der Waals surface area contributed by atoms with Gasteiger partial charge in [0.1, 0.15) is 17.3 Å². The van der Waals surface area contributed by atoms with Crippen LogP contribution >= 0.6 is 0 Å². The maximum Gasteiger partial charge on any atom is 0.331 e. The second-order valence-electron chi connectivity index (χ2n) is 8.68. The molecule has 0 unspecified atom stereocenters. The van der Waals surface area contributed by atoms with Crippen molar-refractivity contribution >= 4 is 29.1 Å². The van der Waals surface area contributed by atoms with Gasteiger partial charge >= 0.3 is 5.92 Å². The van der Waals surface area contributed by atoms with Gasteiger partial charge in [0, 0.05) is 43.4 Å². The summed E-state index contributed by atoms with van der Waals surface area (Å²) in [6.45, 7) is 5.15. The van der Waals surface area contributed by atoms with Crippen LogP contribution < -0.4 is 10.6 Å². The number of fused-ring (bicyclic) bond motifs is 1. The van der Waals surface area contributed by atoms with Crippen molar-refractivity contribution < 1.29 is 22.7 Å². The molecule has 1 aromatic carbocycles. The van der Waals surface area contributed by atoms with Crippen LogP contribution in [-0.2, 0) is 15.5 Å². The molecule has 4 heterocycles. The third-order valence-electron chi connectivity index (χ3n) is 5.96. The Morgan fingerprint density at radius 2 is 1.89 bits per heavy atom. The van der Waals surface area contributed by atoms with Gasteiger partial charge in [-0.05, 0) is 43.3 Å². The van der Waals surface area contributed by atoms with Crippen LogP contribution in [0.2, 0.25) is 0 Å². The van der Waals surface area contributed by atoms with E-state index in [0.29, 0.717) is 31.4 Å². The first-order chi connectivity index (χ1) is 17.8. The first-order valence-electron chi connectivity index (χ1n) is 11.7. The fourth-order valence-corrected chi connectivity index (χ4v) is 4.02. The minimum atomic E-state index is -3.61. The monoisotopic (exact) mass is 514 g/mol. The molecule has 5 rings (SSSR count). The number of H-pyrrole nitrogens is 1. The van der Waals surface area contributed by atoms with Crippen molar-refractivity contribution in [1.29, 1.82) is 0 Å². The van der Waals surface area contributed by atoms with Crippen molar-refractivity contribution in [3.63, 3.8) is 0 Å². The number of aromatic amines is 1. The Balaban J connectivity index is 1.47. The number of aromatic nitrogens is 5. The molecule has 0 spiro atoms. The summed E-state index contributed by atoms with van der Waals surface area (Å²) in [6, 6.07) is 8.64. The summed E-state index contributed by atoms with van der Waals surface area (Å²) >= 11 is 0. The zero-order valence-corrected chi connectivity index (χ0v) is 20.0. The van der Waals surface area contributed by atoms with E-state index in [1.54, 1.807) is 19.1 Å². The fourth-order valence-electron chi connectivity index (χ4n) is 4.02. The zero-order chi connectivity index (χ0) is 26.0. The Kier molecular flexibility index (Phi) is 6.80. The van der Waals surface area contributed by atoms with Gasteiger partial charge in [0.05, 0.1) is 13.2 Å². The van der Waals surface area contributed by atoms with Crippen LogP contribution in [0, 0.1) is 12.7 Å². The summed E-state index contributed by atoms with van der Waals surface area (Å²) in [5.74, 6) is -4.65. The van der Waals surface area contributed by atoms with Crippen LogP contribution in [0.5, 0.6) is 0 Å². The minimum absolute atomic E-state index is 0.0261. The third kappa shape index (κ3) is 5.42. The van der Waals surface area contributed by atoms with Gasteiger partial charge in [0.25, 0.3) is 0 Å². The van der Waals surface area contributed by atoms with E-state index in [4.69, 9.17) is 4.74 Å². The van der Waals surface area contributed by atoms with Crippen LogP contribution in [0.25, 0.3) is 5.65 Å². The molecule has 1 saturated heterocycles. The Bertz CT molecular complexity index is 1400. The Hall–Kier alpha value is -3.97. The number of ether oxygens (including phenoxy) is 1. The number of nitrogens with one attached hydrogen (secondary N) is 3. The number of aryl methyl sites for hydroxylation is 1. The fraction of sp³-hybridized carbons (Fsp3) is 0.333. The Morgan fingerprint density at radius 3 is 2.59 bits per heavy atom. The molecule has 13 heteroatoms. The van der Waals surface area contributed by atoms with Crippen molar-refractivity contribution in [3.8, 4) is 0 Å². The topological polar surface area (TPSA) is 112 Å². The number of carbonyl (C=O) groups is 1. The summed E-state index contributed by atoms with van der Waals surface area (Å²) in [5, 5.41) is 12.6. The van der Waals surface area contributed by atoms with E-state index < -0.39 is 23.1 Å². The Morgan fingerprint density at radius 1 is 1.14 bits per heavy atom. The SMILES string of the molecule is Cc1cc(Nc2nc(C(F)(F)c3ccc(F)cc3)nc3ccc(NC(=O)CCN4CCOCC4)n23)n[nH]1. The number of anilines is 3. The average molecular weight is 515 g/mol. The maximum atomic E-state index is 15.4. The first-order valence-corrected chi connectivity index (χ1v) is 11.7. The predicted octanol–water partition coefficient (Wildman–Crippen LogP) is 3.44. The van der Waals surface area contributed by atoms with Gasteiger partial charge in [-0.25, -0.2) is 13.8 Å². The molecule has 0 atom stereocenters. The number of amides is 1. The number of hydrogen-bond donors (Lipinski definition) is 3. The summed E-state index contributed by atoms with van der Waals surface area (Å²) in [7, 11) is 0. The minimum Gasteiger partial charge on any atom is -0.379 e. The molecule has 0 aliphatic carbocycles. The van der Waals surface area contributed by atoms with E-state index >= 15 is 8.78 Å². The van der Waals surface area contributed by atoms with Crippen molar-refractivity contribution in [3.05, 3.63) is 65.4 Å². The van der Waals surface area contributed by atoms with Gasteiger partial charge < -0.3 is 15.4 Å². The second-order valence-corrected chi connectivity index (χ2v) is 8.68. The molecule has 37 heavy (non-hydrogen) atoms. The standard InChI is InChI=1S/C24H25F3N8O2/c1-15-14-18(33-32-15)28-23-31-22(24(26,27)16-2-4-17(25)5-3-16)30-20-7-6-19(35(20)23)29-21(36)8-9-34-10-12-37-13-11-34/h2-7,14H,8-13H2,1H3,(H,29,36)(H2,28,30,31,32,33). The molecule has 0 radical (unpaired) electrons. The lowest BCUT2D eigenvalue weighted by molar-refractivity contribution is -0.116. The van der Waals surface area contributed by atoms with E-state index in [2.05, 4.69) is 35.7 Å². The highest BCUT2D eigenvalue weighted by atomic mass is 19.3. The number of morpholine rings is 1. The Labute approximate surface area is 209 Å². The number of hydrogen-bond acceptors (Lipinski definition) is 7. The van der Waals surface area contributed by atoms with Gasteiger partial charge in [0.2, 0.25) is 17.7 Å². The van der Waals surface area contributed by atoms with Crippen molar-refractivity contribution in [2.45, 2.75) is 19.3 Å². The lowest BCUT2D eigenvalue weighted by Crippen LogP contribution is -2.38. The molecule has 1 aliphatic rings. The number of halogens is 3. The third-order valence-corrected chi connectivity index (χ3v) is 5.96. The first kappa shape index (κ1) is 24.7. The van der Waals surface area contributed by atoms with Crippen molar-refractivity contribution in [2.75, 3.05) is 43.5 Å². The highest BCUT2D eigenvalue weighted by Crippen LogP contribution is 2.35. The molecule has 10 nitrogen and oxygen atoms in total. The molecular weight excluding hydrogens is 489 g/mol. The summed E-state index contributed by atoms with van der Waals surface area (Å²) in [4.78, 5) is 23.0. The predicted molar refractivity (Wildman–Crippen MR) is 129 cm³/mol. The van der Waals surface area contributed by atoms with Gasteiger partial charge in [-0.2, -0.15) is 18.9 Å². The highest BCUT2D eigenvalue weighted by Gasteiger charge is 2.38. The molecule has 1 fully saturated rings. The van der Waals surface area contributed by atoms with Crippen molar-refractivity contribution in [2.24, 2.45) is 0 Å². The smallest absolute Gasteiger partial charge is 0.331 e. The number of rotatable bonds is 8. The average Bonchev–Trinajstić information content (AvgIpc) is 3.49. The normalized spacial score (nSPS) is 14.7. The van der Waals surface area contributed by atoms with E-state index in [9.17, 15) is 9.18 Å². The van der Waals surface area contributed by atoms with Crippen LogP contribution in [0.1, 0.15) is 23.5 Å². The number of nitrogens with zero attached hydrogens (tertiary/aromatic N) is 5. The lowest BCUT2D eigenvalue weighted by atomic mass is 10.1. The summed E-state index contributed by atoms with van der Waals surface area (Å²) in [6.07, 6.45) is 0.246. The lowest BCUT2D eigenvalue weighted by Gasteiger charge is -2.26. The maximum absolute atomic E-state index is 15.4. The molecule has 0 bridgehead atoms. The van der Waals surface area contributed by atoms with Gasteiger partial charge in [-0.15, -0.1) is 0 Å². The van der Waals surface area contributed by atoms with Crippen LogP contribution in [0.15, 0.2) is 42.5 Å². The van der Waals surface area contributed by atoms with Gasteiger partial charge in [0.15, 0.2) is 5.82 Å². The van der Waals surface area contributed by atoms with Crippen LogP contribution in [0.4, 0.5) is 30.8 Å². The van der Waals surface area contributed by atoms with E-state index in [0.717, 1.165) is 43.0 Å². The van der Waals surface area contributed by atoms with Crippen LogP contribution in [0.3, 0.4) is 0 Å². The molecule has 194 valence electrons. The van der Waals surface area contributed by atoms with Crippen molar-refractivity contribution in [1.82, 2.24) is 29.5 Å². The van der Waals surface area contributed by atoms with E-state index in [-0.39, 0.29) is 23.9 Å². The zero-order valence-electron chi connectivity index (χ0n) is 20.0. The number of alkyl halides is 2. The molecule has 1 aliphatic heterocycles. The van der Waals surface area contributed by atoms with E-state index in [1.807, 2.05) is 0 Å². The van der Waals surface area contributed by atoms with Crippen LogP contribution in [-0.4, -0.2) is 68.2 Å². The molecule has 3 aromatic heterocycles. The number of carbonyl (C=O) groups excluding carboxylic acids is 1. The molecule has 3 N–H and O–H groups in total. The second kappa shape index (κ2) is 10.2.